The largest absolute Gasteiger partial charge is 0.508 e. The van der Waals surface area contributed by atoms with Gasteiger partial charge in [0.05, 0.1) is 0 Å². The Balaban J connectivity index is 1.39. The van der Waals surface area contributed by atoms with Crippen LogP contribution in [0.1, 0.15) is 60.3 Å². The highest BCUT2D eigenvalue weighted by Gasteiger charge is 2.32. The van der Waals surface area contributed by atoms with Crippen LogP contribution in [0.4, 0.5) is 0 Å². The first kappa shape index (κ1) is 21.1. The SMILES string of the molecule is CC(COc1ccc(C2c3ccc(O)cc3CCC2c2ccccc2)cc1)N1CCCC1. The minimum absolute atomic E-state index is 0.277. The van der Waals surface area contributed by atoms with Crippen molar-refractivity contribution in [3.05, 3.63) is 95.1 Å². The Bertz CT molecular complexity index is 1020. The first-order valence-electron chi connectivity index (χ1n) is 12.0. The summed E-state index contributed by atoms with van der Waals surface area (Å²) in [6.45, 7) is 5.39. The van der Waals surface area contributed by atoms with Crippen molar-refractivity contribution in [2.75, 3.05) is 19.7 Å². The molecule has 1 saturated heterocycles. The molecule has 32 heavy (non-hydrogen) atoms. The first-order valence-corrected chi connectivity index (χ1v) is 12.0. The van der Waals surface area contributed by atoms with E-state index in [1.165, 1.54) is 48.2 Å². The predicted molar refractivity (Wildman–Crippen MR) is 130 cm³/mol. The quantitative estimate of drug-likeness (QED) is 0.515. The fraction of sp³-hybridized carbons (Fsp3) is 0.379. The van der Waals surface area contributed by atoms with Crippen LogP contribution in [0.15, 0.2) is 72.8 Å². The van der Waals surface area contributed by atoms with Gasteiger partial charge in [-0.15, -0.1) is 0 Å². The van der Waals surface area contributed by atoms with Gasteiger partial charge >= 0.3 is 0 Å². The number of aromatic hydroxyl groups is 1. The van der Waals surface area contributed by atoms with Crippen molar-refractivity contribution in [2.24, 2.45) is 0 Å². The third kappa shape index (κ3) is 4.40. The fourth-order valence-corrected chi connectivity index (χ4v) is 5.55. The molecule has 1 N–H and O–H groups in total. The van der Waals surface area contributed by atoms with Crippen LogP contribution in [-0.2, 0) is 6.42 Å². The molecule has 1 fully saturated rings. The summed E-state index contributed by atoms with van der Waals surface area (Å²) < 4.78 is 6.14. The summed E-state index contributed by atoms with van der Waals surface area (Å²) in [6.07, 6.45) is 4.69. The summed E-state index contributed by atoms with van der Waals surface area (Å²) in [4.78, 5) is 2.52. The molecule has 3 aromatic carbocycles. The Morgan fingerprint density at radius 2 is 1.69 bits per heavy atom. The number of fused-ring (bicyclic) bond motifs is 1. The number of benzene rings is 3. The lowest BCUT2D eigenvalue weighted by Crippen LogP contribution is -2.34. The second-order valence-corrected chi connectivity index (χ2v) is 9.39. The smallest absolute Gasteiger partial charge is 0.119 e. The zero-order chi connectivity index (χ0) is 21.9. The molecule has 3 nitrogen and oxygen atoms in total. The van der Waals surface area contributed by atoms with Gasteiger partial charge < -0.3 is 9.84 Å². The van der Waals surface area contributed by atoms with Crippen LogP contribution in [0.5, 0.6) is 11.5 Å². The number of nitrogens with zero attached hydrogens (tertiary/aromatic N) is 1. The summed E-state index contributed by atoms with van der Waals surface area (Å²) in [5, 5.41) is 10.0. The molecule has 3 aromatic rings. The number of ether oxygens (including phenoxy) is 1. The molecule has 3 atom stereocenters. The molecule has 0 radical (unpaired) electrons. The molecule has 1 aliphatic carbocycles. The molecule has 5 rings (SSSR count). The number of rotatable bonds is 6. The van der Waals surface area contributed by atoms with E-state index in [0.29, 0.717) is 17.7 Å². The summed E-state index contributed by atoms with van der Waals surface area (Å²) in [7, 11) is 0. The van der Waals surface area contributed by atoms with Crippen LogP contribution in [0.3, 0.4) is 0 Å². The van der Waals surface area contributed by atoms with Gasteiger partial charge in [-0.25, -0.2) is 0 Å². The molecule has 0 bridgehead atoms. The number of hydrogen-bond acceptors (Lipinski definition) is 3. The summed E-state index contributed by atoms with van der Waals surface area (Å²) in [5.41, 5.74) is 5.29. The normalized spacial score (nSPS) is 21.8. The summed E-state index contributed by atoms with van der Waals surface area (Å²) >= 11 is 0. The maximum absolute atomic E-state index is 10.0. The van der Waals surface area contributed by atoms with E-state index in [4.69, 9.17) is 4.74 Å². The van der Waals surface area contributed by atoms with Crippen molar-refractivity contribution >= 4 is 0 Å². The molecule has 0 spiro atoms. The summed E-state index contributed by atoms with van der Waals surface area (Å²) in [5.74, 6) is 2.00. The van der Waals surface area contributed by atoms with Gasteiger partial charge in [0.1, 0.15) is 18.1 Å². The van der Waals surface area contributed by atoms with Gasteiger partial charge in [0, 0.05) is 12.0 Å². The van der Waals surface area contributed by atoms with Crippen LogP contribution in [0, 0.1) is 0 Å². The highest BCUT2D eigenvalue weighted by Crippen LogP contribution is 2.47. The number of likely N-dealkylation sites (tertiary alicyclic amines) is 1. The number of hydrogen-bond donors (Lipinski definition) is 1. The number of aryl methyl sites for hydroxylation is 1. The zero-order valence-electron chi connectivity index (χ0n) is 18.9. The van der Waals surface area contributed by atoms with Crippen LogP contribution >= 0.6 is 0 Å². The van der Waals surface area contributed by atoms with Crippen molar-refractivity contribution in [3.63, 3.8) is 0 Å². The van der Waals surface area contributed by atoms with E-state index in [1.54, 1.807) is 0 Å². The molecule has 3 heteroatoms. The molecule has 166 valence electrons. The van der Waals surface area contributed by atoms with Crippen molar-refractivity contribution < 1.29 is 9.84 Å². The van der Waals surface area contributed by atoms with E-state index >= 15 is 0 Å². The maximum atomic E-state index is 10.0. The Hall–Kier alpha value is -2.78. The standard InChI is InChI=1S/C29H33NO2/c1-21(30-17-5-6-18-30)20-32-26-13-9-23(10-14-26)29-27(22-7-3-2-4-8-22)15-11-24-19-25(31)12-16-28(24)29/h2-4,7-10,12-14,16,19,21,27,29,31H,5-6,11,15,17-18,20H2,1H3. The van der Waals surface area contributed by atoms with E-state index in [2.05, 4.69) is 72.5 Å². The monoisotopic (exact) mass is 427 g/mol. The van der Waals surface area contributed by atoms with Crippen LogP contribution in [0.25, 0.3) is 0 Å². The van der Waals surface area contributed by atoms with Crippen LogP contribution in [-0.4, -0.2) is 35.7 Å². The zero-order valence-corrected chi connectivity index (χ0v) is 18.9. The minimum Gasteiger partial charge on any atom is -0.508 e. The highest BCUT2D eigenvalue weighted by atomic mass is 16.5. The van der Waals surface area contributed by atoms with Gasteiger partial charge in [-0.3, -0.25) is 4.90 Å². The molecule has 0 aromatic heterocycles. The maximum Gasteiger partial charge on any atom is 0.119 e. The van der Waals surface area contributed by atoms with Gasteiger partial charge in [-0.1, -0.05) is 48.5 Å². The van der Waals surface area contributed by atoms with Crippen LogP contribution in [0.2, 0.25) is 0 Å². The first-order chi connectivity index (χ1) is 15.7. The highest BCUT2D eigenvalue weighted by molar-refractivity contribution is 5.48. The Morgan fingerprint density at radius 3 is 2.44 bits per heavy atom. The van der Waals surface area contributed by atoms with Crippen molar-refractivity contribution in [2.45, 2.75) is 50.5 Å². The molecule has 1 aliphatic heterocycles. The van der Waals surface area contributed by atoms with E-state index in [0.717, 1.165) is 25.2 Å². The van der Waals surface area contributed by atoms with Crippen LogP contribution < -0.4 is 4.74 Å². The lowest BCUT2D eigenvalue weighted by molar-refractivity contribution is 0.172. The van der Waals surface area contributed by atoms with Crippen molar-refractivity contribution in [1.82, 2.24) is 4.90 Å². The molecular formula is C29H33NO2. The average Bonchev–Trinajstić information content (AvgIpc) is 3.38. The van der Waals surface area contributed by atoms with Gasteiger partial charge in [0.25, 0.3) is 0 Å². The van der Waals surface area contributed by atoms with E-state index < -0.39 is 0 Å². The topological polar surface area (TPSA) is 32.7 Å². The third-order valence-corrected chi connectivity index (χ3v) is 7.31. The molecule has 0 saturated carbocycles. The molecule has 1 heterocycles. The molecular weight excluding hydrogens is 394 g/mol. The third-order valence-electron chi connectivity index (χ3n) is 7.31. The predicted octanol–water partition coefficient (Wildman–Crippen LogP) is 6.12. The second-order valence-electron chi connectivity index (χ2n) is 9.39. The molecule has 2 aliphatic rings. The van der Waals surface area contributed by atoms with Crippen molar-refractivity contribution in [1.29, 1.82) is 0 Å². The van der Waals surface area contributed by atoms with Gasteiger partial charge in [0.15, 0.2) is 0 Å². The Morgan fingerprint density at radius 1 is 0.938 bits per heavy atom. The Labute approximate surface area is 191 Å². The van der Waals surface area contributed by atoms with Gasteiger partial charge in [-0.2, -0.15) is 0 Å². The van der Waals surface area contributed by atoms with Gasteiger partial charge in [-0.05, 0) is 98.1 Å². The average molecular weight is 428 g/mol. The number of phenols is 1. The minimum atomic E-state index is 0.277. The summed E-state index contributed by atoms with van der Waals surface area (Å²) in [6, 6.07) is 25.9. The molecule has 0 amide bonds. The van der Waals surface area contributed by atoms with Gasteiger partial charge in [0.2, 0.25) is 0 Å². The fourth-order valence-electron chi connectivity index (χ4n) is 5.55. The lowest BCUT2D eigenvalue weighted by atomic mass is 9.69. The van der Waals surface area contributed by atoms with Crippen molar-refractivity contribution in [3.8, 4) is 11.5 Å². The second kappa shape index (κ2) is 9.38. The van der Waals surface area contributed by atoms with E-state index in [1.807, 2.05) is 12.1 Å². The van der Waals surface area contributed by atoms with E-state index in [9.17, 15) is 5.11 Å². The molecule has 3 unspecified atom stereocenters. The Kier molecular flexibility index (Phi) is 6.18. The number of phenolic OH excluding ortho intramolecular Hbond substituents is 1. The van der Waals surface area contributed by atoms with E-state index in [-0.39, 0.29) is 5.92 Å². The lowest BCUT2D eigenvalue weighted by Gasteiger charge is -2.35.